The van der Waals surface area contributed by atoms with E-state index in [9.17, 15) is 4.79 Å². The molecule has 7 nitrogen and oxygen atoms in total. The van der Waals surface area contributed by atoms with Crippen molar-refractivity contribution in [1.29, 1.82) is 0 Å². The molecule has 2 fully saturated rings. The van der Waals surface area contributed by atoms with Crippen LogP contribution in [-0.4, -0.2) is 52.1 Å². The topological polar surface area (TPSA) is 94.2 Å². The van der Waals surface area contributed by atoms with Crippen molar-refractivity contribution in [2.24, 2.45) is 5.41 Å². The van der Waals surface area contributed by atoms with Crippen LogP contribution < -0.4 is 5.73 Å². The highest BCUT2D eigenvalue weighted by Gasteiger charge is 2.42. The Morgan fingerprint density at radius 1 is 1.11 bits per heavy atom. The molecule has 1 amide bonds. The average molecular weight is 490 g/mol. The Balaban J connectivity index is 1.46. The summed E-state index contributed by atoms with van der Waals surface area (Å²) in [5.41, 5.74) is 7.38. The summed E-state index contributed by atoms with van der Waals surface area (Å²) in [6.45, 7) is 4.18. The Labute approximate surface area is 207 Å². The lowest BCUT2D eigenvalue weighted by molar-refractivity contribution is -0.136. The maximum atomic E-state index is 15.2. The Morgan fingerprint density at radius 2 is 1.83 bits per heavy atom. The van der Waals surface area contributed by atoms with Gasteiger partial charge in [-0.3, -0.25) is 4.79 Å². The minimum absolute atomic E-state index is 0.113. The molecule has 1 aromatic carbocycles. The molecular formula is C27H25F2N5O2. The number of piperidine rings is 1. The molecule has 0 unspecified atom stereocenters. The van der Waals surface area contributed by atoms with Crippen LogP contribution >= 0.6 is 0 Å². The Morgan fingerprint density at radius 3 is 2.42 bits per heavy atom. The van der Waals surface area contributed by atoms with Crippen LogP contribution in [0.5, 0.6) is 0 Å². The first kappa shape index (κ1) is 23.8. The zero-order valence-electron chi connectivity index (χ0n) is 19.9. The molecule has 2 aliphatic rings. The van der Waals surface area contributed by atoms with Crippen LogP contribution in [0, 0.1) is 28.9 Å². The summed E-state index contributed by atoms with van der Waals surface area (Å²) in [5, 5.41) is 0. The van der Waals surface area contributed by atoms with Crippen LogP contribution in [0.4, 0.5) is 14.6 Å². The van der Waals surface area contributed by atoms with E-state index in [1.165, 1.54) is 17.4 Å². The number of carbonyl (C=O) groups excluding carboxylic acids is 1. The van der Waals surface area contributed by atoms with E-state index in [1.807, 2.05) is 6.92 Å². The predicted molar refractivity (Wildman–Crippen MR) is 130 cm³/mol. The number of nitrogens with two attached hydrogens (primary N) is 1. The highest BCUT2D eigenvalue weighted by molar-refractivity contribution is 5.95. The first-order chi connectivity index (χ1) is 17.4. The number of rotatable bonds is 3. The fraction of sp³-hybridized carbons (Fsp3) is 0.333. The highest BCUT2D eigenvalue weighted by atomic mass is 19.1. The molecule has 2 aromatic heterocycles. The third-order valence-electron chi connectivity index (χ3n) is 6.84. The molecule has 9 heteroatoms. The molecule has 0 radical (unpaired) electrons. The summed E-state index contributed by atoms with van der Waals surface area (Å²) in [4.78, 5) is 27.1. The molecule has 0 aliphatic carbocycles. The van der Waals surface area contributed by atoms with Gasteiger partial charge in [-0.15, -0.1) is 0 Å². The van der Waals surface area contributed by atoms with Gasteiger partial charge in [-0.1, -0.05) is 18.8 Å². The van der Waals surface area contributed by atoms with Crippen LogP contribution in [0.2, 0.25) is 0 Å². The lowest BCUT2D eigenvalue weighted by Crippen LogP contribution is -2.52. The number of aromatic nitrogens is 3. The number of likely N-dealkylation sites (tertiary alicyclic amines) is 1. The van der Waals surface area contributed by atoms with Crippen molar-refractivity contribution in [1.82, 2.24) is 19.9 Å². The fourth-order valence-corrected chi connectivity index (χ4v) is 4.59. The van der Waals surface area contributed by atoms with Gasteiger partial charge in [-0.05, 0) is 43.5 Å². The number of amides is 1. The smallest absolute Gasteiger partial charge is 0.259 e. The Bertz CT molecular complexity index is 1340. The Hall–Kier alpha value is -3.90. The summed E-state index contributed by atoms with van der Waals surface area (Å²) in [7, 11) is 0. The predicted octanol–water partition coefficient (Wildman–Crippen LogP) is 3.61. The van der Waals surface area contributed by atoms with Gasteiger partial charge in [-0.25, -0.2) is 23.7 Å². The number of carbonyl (C=O) groups is 1. The lowest BCUT2D eigenvalue weighted by Gasteiger charge is -2.47. The molecule has 3 aromatic rings. The van der Waals surface area contributed by atoms with E-state index >= 15 is 8.78 Å². The normalized spacial score (nSPS) is 16.2. The standard InChI is InChI=1S/C27H25F2N5O2/c1-2-22-19(5-3-17-4-6-23(30)31-13-17)25(33-16-32-22)18-11-20(28)24(21(29)12-18)26(35)34-9-7-27(8-10-34)14-36-15-27/h4,6,11-13,16H,2,7-10,14-15H2,1H3,(H2,30,31). The number of hydrogen-bond donors (Lipinski definition) is 1. The zero-order chi connectivity index (χ0) is 25.3. The van der Waals surface area contributed by atoms with E-state index in [2.05, 4.69) is 26.8 Å². The van der Waals surface area contributed by atoms with Crippen molar-refractivity contribution in [2.45, 2.75) is 26.2 Å². The number of anilines is 1. The highest BCUT2D eigenvalue weighted by Crippen LogP contribution is 2.39. The van der Waals surface area contributed by atoms with E-state index in [4.69, 9.17) is 10.5 Å². The van der Waals surface area contributed by atoms with E-state index < -0.39 is 23.1 Å². The van der Waals surface area contributed by atoms with Crippen molar-refractivity contribution in [3.8, 4) is 23.1 Å². The van der Waals surface area contributed by atoms with Crippen LogP contribution in [0.15, 0.2) is 36.8 Å². The van der Waals surface area contributed by atoms with E-state index in [0.29, 0.717) is 61.1 Å². The van der Waals surface area contributed by atoms with E-state index in [-0.39, 0.29) is 11.0 Å². The molecule has 0 bridgehead atoms. The number of ether oxygens (including phenoxy) is 1. The van der Waals surface area contributed by atoms with Crippen LogP contribution in [-0.2, 0) is 11.2 Å². The summed E-state index contributed by atoms with van der Waals surface area (Å²) in [5.74, 6) is 3.89. The number of benzene rings is 1. The van der Waals surface area contributed by atoms with Gasteiger partial charge in [0.1, 0.15) is 29.3 Å². The number of hydrogen-bond acceptors (Lipinski definition) is 6. The summed E-state index contributed by atoms with van der Waals surface area (Å²) < 4.78 is 35.8. The molecule has 184 valence electrons. The van der Waals surface area contributed by atoms with Gasteiger partial charge < -0.3 is 15.4 Å². The second kappa shape index (κ2) is 9.63. The van der Waals surface area contributed by atoms with Crippen molar-refractivity contribution in [2.75, 3.05) is 32.0 Å². The number of aryl methyl sites for hydroxylation is 1. The van der Waals surface area contributed by atoms with Gasteiger partial charge >= 0.3 is 0 Å². The molecule has 5 rings (SSSR count). The van der Waals surface area contributed by atoms with Gasteiger partial charge in [0.2, 0.25) is 0 Å². The van der Waals surface area contributed by atoms with Gasteiger partial charge in [0.25, 0.3) is 5.91 Å². The van der Waals surface area contributed by atoms with Crippen LogP contribution in [0.1, 0.15) is 46.9 Å². The molecule has 0 saturated carbocycles. The minimum Gasteiger partial charge on any atom is -0.384 e. The zero-order valence-corrected chi connectivity index (χ0v) is 19.9. The summed E-state index contributed by atoms with van der Waals surface area (Å²) >= 11 is 0. The van der Waals surface area contributed by atoms with Gasteiger partial charge in [0.15, 0.2) is 0 Å². The SMILES string of the molecule is CCc1ncnc(-c2cc(F)c(C(=O)N3CCC4(CC3)COC4)c(F)c2)c1C#Cc1ccc(N)nc1. The van der Waals surface area contributed by atoms with E-state index in [0.717, 1.165) is 25.0 Å². The largest absolute Gasteiger partial charge is 0.384 e. The summed E-state index contributed by atoms with van der Waals surface area (Å²) in [6.07, 6.45) is 4.96. The first-order valence-corrected chi connectivity index (χ1v) is 11.8. The lowest BCUT2D eigenvalue weighted by atomic mass is 9.77. The van der Waals surface area contributed by atoms with Crippen LogP contribution in [0.25, 0.3) is 11.3 Å². The molecule has 4 heterocycles. The minimum atomic E-state index is -0.930. The fourth-order valence-electron chi connectivity index (χ4n) is 4.59. The van der Waals surface area contributed by atoms with Crippen molar-refractivity contribution >= 4 is 11.7 Å². The van der Waals surface area contributed by atoms with Crippen molar-refractivity contribution < 1.29 is 18.3 Å². The quantitative estimate of drug-likeness (QED) is 0.565. The maximum Gasteiger partial charge on any atom is 0.259 e. The maximum absolute atomic E-state index is 15.2. The van der Waals surface area contributed by atoms with E-state index in [1.54, 1.807) is 12.1 Å². The Kier molecular flexibility index (Phi) is 6.37. The van der Waals surface area contributed by atoms with Crippen molar-refractivity contribution in [3.05, 3.63) is 70.8 Å². The van der Waals surface area contributed by atoms with Gasteiger partial charge in [0.05, 0.1) is 30.2 Å². The summed E-state index contributed by atoms with van der Waals surface area (Å²) in [6, 6.07) is 5.64. The molecular weight excluding hydrogens is 464 g/mol. The number of halogens is 2. The molecule has 2 saturated heterocycles. The number of nitrogen functional groups attached to an aromatic ring is 1. The van der Waals surface area contributed by atoms with Gasteiger partial charge in [0, 0.05) is 35.8 Å². The molecule has 1 spiro atoms. The second-order valence-electron chi connectivity index (χ2n) is 9.22. The second-order valence-corrected chi connectivity index (χ2v) is 9.22. The molecule has 36 heavy (non-hydrogen) atoms. The molecule has 2 N–H and O–H groups in total. The number of nitrogens with zero attached hydrogens (tertiary/aromatic N) is 4. The van der Waals surface area contributed by atoms with Crippen LogP contribution in [0.3, 0.4) is 0 Å². The average Bonchev–Trinajstić information content (AvgIpc) is 2.86. The molecule has 0 atom stereocenters. The van der Waals surface area contributed by atoms with Crippen molar-refractivity contribution in [3.63, 3.8) is 0 Å². The third-order valence-corrected chi connectivity index (χ3v) is 6.84. The monoisotopic (exact) mass is 489 g/mol. The van der Waals surface area contributed by atoms with Gasteiger partial charge in [-0.2, -0.15) is 0 Å². The molecule has 2 aliphatic heterocycles. The third kappa shape index (κ3) is 4.52. The first-order valence-electron chi connectivity index (χ1n) is 11.8. The number of pyridine rings is 1.